The van der Waals surface area contributed by atoms with Crippen LogP contribution < -0.4 is 43.0 Å². The van der Waals surface area contributed by atoms with Gasteiger partial charge in [0.1, 0.15) is 18.1 Å². The van der Waals surface area contributed by atoms with Crippen LogP contribution in [0.25, 0.3) is 0 Å². The minimum Gasteiger partial charge on any atom is -0.391 e. The Kier molecular flexibility index (Phi) is 18.7. The third-order valence-corrected chi connectivity index (χ3v) is 8.28. The van der Waals surface area contributed by atoms with E-state index < -0.39 is 104 Å². The Bertz CT molecular complexity index is 1510. The molecule has 19 nitrogen and oxygen atoms in total. The van der Waals surface area contributed by atoms with Crippen LogP contribution in [0.2, 0.25) is 5.02 Å². The molecule has 53 heavy (non-hydrogen) atoms. The van der Waals surface area contributed by atoms with Crippen molar-refractivity contribution in [3.05, 3.63) is 34.9 Å². The van der Waals surface area contributed by atoms with Gasteiger partial charge in [0, 0.05) is 37.9 Å². The number of nitrogens with zero attached hydrogens (tertiary/aromatic N) is 1. The molecule has 0 saturated carbocycles. The number of carbonyl (C=O) groups excluding carboxylic acids is 9. The number of amides is 9. The summed E-state index contributed by atoms with van der Waals surface area (Å²) in [4.78, 5) is 115. The van der Waals surface area contributed by atoms with Crippen LogP contribution in [0, 0.1) is 0 Å². The first-order chi connectivity index (χ1) is 25.1. The zero-order valence-corrected chi connectivity index (χ0v) is 30.4. The molecule has 1 aliphatic rings. The molecule has 1 fully saturated rings. The number of aliphatic hydroxyl groups is 1. The van der Waals surface area contributed by atoms with E-state index in [4.69, 9.17) is 17.3 Å². The van der Waals surface area contributed by atoms with Gasteiger partial charge in [-0.15, -0.1) is 0 Å². The fourth-order valence-corrected chi connectivity index (χ4v) is 5.22. The Morgan fingerprint density at radius 1 is 0.962 bits per heavy atom. The Hall–Kier alpha value is -5.30. The number of aliphatic hydroxyl groups excluding tert-OH is 1. The average molecular weight is 766 g/mol. The van der Waals surface area contributed by atoms with Crippen LogP contribution in [0.3, 0.4) is 0 Å². The second-order valence-corrected chi connectivity index (χ2v) is 12.7. The molecule has 4 atom stereocenters. The first-order valence-electron chi connectivity index (χ1n) is 17.0. The number of nitrogens with one attached hydrogen (secondary N) is 7. The summed E-state index contributed by atoms with van der Waals surface area (Å²) in [7, 11) is 0. The number of hydrogen-bond donors (Lipinski definition) is 9. The van der Waals surface area contributed by atoms with Gasteiger partial charge in [-0.2, -0.15) is 0 Å². The monoisotopic (exact) mass is 765 g/mol. The molecule has 2 rings (SSSR count). The molecular weight excluding hydrogens is 718 g/mol. The minimum atomic E-state index is -1.39. The van der Waals surface area contributed by atoms with Gasteiger partial charge in [0.15, 0.2) is 0 Å². The van der Waals surface area contributed by atoms with Crippen molar-refractivity contribution in [1.29, 1.82) is 0 Å². The van der Waals surface area contributed by atoms with E-state index >= 15 is 0 Å². The van der Waals surface area contributed by atoms with Crippen molar-refractivity contribution in [3.8, 4) is 0 Å². The number of nitrogens with two attached hydrogens (primary N) is 1. The van der Waals surface area contributed by atoms with Crippen LogP contribution >= 0.6 is 11.6 Å². The number of carbonyl (C=O) groups is 9. The first-order valence-corrected chi connectivity index (χ1v) is 17.4. The van der Waals surface area contributed by atoms with Crippen molar-refractivity contribution in [2.45, 2.75) is 76.6 Å². The van der Waals surface area contributed by atoms with Gasteiger partial charge in [-0.25, -0.2) is 0 Å². The molecule has 1 heterocycles. The summed E-state index contributed by atoms with van der Waals surface area (Å²) in [6.45, 7) is 0.186. The first kappa shape index (κ1) is 43.9. The number of primary amides is 1. The molecule has 10 N–H and O–H groups in total. The fourth-order valence-electron chi connectivity index (χ4n) is 5.01. The normalized spacial score (nSPS) is 21.1. The topological polar surface area (TPSA) is 287 Å². The number of benzene rings is 1. The van der Waals surface area contributed by atoms with E-state index in [2.05, 4.69) is 37.2 Å². The Morgan fingerprint density at radius 3 is 2.32 bits per heavy atom. The van der Waals surface area contributed by atoms with Gasteiger partial charge in [-0.05, 0) is 37.3 Å². The third kappa shape index (κ3) is 16.7. The van der Waals surface area contributed by atoms with Crippen LogP contribution in [0.5, 0.6) is 0 Å². The van der Waals surface area contributed by atoms with E-state index in [0.717, 1.165) is 4.90 Å². The molecule has 0 radical (unpaired) electrons. The molecule has 1 saturated heterocycles. The summed E-state index contributed by atoms with van der Waals surface area (Å²) in [6.07, 6.45) is -1.36. The zero-order valence-electron chi connectivity index (χ0n) is 29.6. The van der Waals surface area contributed by atoms with Crippen LogP contribution in [-0.2, 0) is 49.6 Å². The number of halogens is 1. The highest BCUT2D eigenvalue weighted by atomic mass is 35.5. The molecular formula is C33H48ClN9O10. The van der Waals surface area contributed by atoms with Crippen molar-refractivity contribution in [3.63, 3.8) is 0 Å². The van der Waals surface area contributed by atoms with Crippen LogP contribution in [-0.4, -0.2) is 127 Å². The van der Waals surface area contributed by atoms with Crippen LogP contribution in [0.15, 0.2) is 24.3 Å². The van der Waals surface area contributed by atoms with E-state index in [0.29, 0.717) is 5.56 Å². The smallest absolute Gasteiger partial charge is 0.245 e. The SMILES string of the molecule is CCC(O)CN1CC(=O)NC(Cc2ccccc2Cl)C(=O)NCC(=O)NCC(=O)NC(C(N)=O)CCCNC(=O)CCC(NC(=O)CNC(C)=O)C1=O. The maximum Gasteiger partial charge on any atom is 0.245 e. The summed E-state index contributed by atoms with van der Waals surface area (Å²) in [5.74, 6) is -6.68. The van der Waals surface area contributed by atoms with Gasteiger partial charge in [-0.3, -0.25) is 43.2 Å². The van der Waals surface area contributed by atoms with Crippen molar-refractivity contribution < 1.29 is 48.3 Å². The molecule has 0 bridgehead atoms. The predicted octanol–water partition coefficient (Wildman–Crippen LogP) is -3.52. The second kappa shape index (κ2) is 22.6. The summed E-state index contributed by atoms with van der Waals surface area (Å²) in [5.41, 5.74) is 5.88. The van der Waals surface area contributed by atoms with Gasteiger partial charge in [-0.1, -0.05) is 36.7 Å². The molecule has 292 valence electrons. The minimum absolute atomic E-state index is 0.0359. The Labute approximate surface area is 311 Å². The molecule has 4 unspecified atom stereocenters. The Balaban J connectivity index is 2.45. The second-order valence-electron chi connectivity index (χ2n) is 12.3. The molecule has 0 aromatic heterocycles. The van der Waals surface area contributed by atoms with Gasteiger partial charge in [0.05, 0.1) is 32.3 Å². The summed E-state index contributed by atoms with van der Waals surface area (Å²) >= 11 is 6.31. The number of β-amino-alcohol motifs (C(OH)–C–C–N with tert-alkyl or cyclic N) is 1. The lowest BCUT2D eigenvalue weighted by atomic mass is 10.0. The highest BCUT2D eigenvalue weighted by Crippen LogP contribution is 2.17. The molecule has 1 aromatic rings. The maximum absolute atomic E-state index is 13.9. The predicted molar refractivity (Wildman–Crippen MR) is 189 cm³/mol. The summed E-state index contributed by atoms with van der Waals surface area (Å²) < 4.78 is 0. The van der Waals surface area contributed by atoms with Crippen molar-refractivity contribution >= 4 is 64.8 Å². The zero-order chi connectivity index (χ0) is 39.5. The van der Waals surface area contributed by atoms with Crippen molar-refractivity contribution in [2.75, 3.05) is 39.3 Å². The lowest BCUT2D eigenvalue weighted by Gasteiger charge is -2.30. The molecule has 1 aliphatic heterocycles. The largest absolute Gasteiger partial charge is 0.391 e. The van der Waals surface area contributed by atoms with Crippen LogP contribution in [0.4, 0.5) is 0 Å². The highest BCUT2D eigenvalue weighted by Gasteiger charge is 2.31. The Morgan fingerprint density at radius 2 is 1.66 bits per heavy atom. The summed E-state index contributed by atoms with van der Waals surface area (Å²) in [6, 6.07) is 2.66. The number of hydrogen-bond acceptors (Lipinski definition) is 10. The molecule has 1 aromatic carbocycles. The average Bonchev–Trinajstić information content (AvgIpc) is 3.11. The van der Waals surface area contributed by atoms with E-state index in [1.54, 1.807) is 31.2 Å². The lowest BCUT2D eigenvalue weighted by molar-refractivity contribution is -0.141. The highest BCUT2D eigenvalue weighted by molar-refractivity contribution is 6.31. The molecule has 0 aliphatic carbocycles. The molecule has 20 heteroatoms. The fraction of sp³-hybridized carbons (Fsp3) is 0.545. The van der Waals surface area contributed by atoms with Gasteiger partial charge < -0.3 is 53.0 Å². The van der Waals surface area contributed by atoms with E-state index in [-0.39, 0.29) is 56.6 Å². The van der Waals surface area contributed by atoms with Crippen molar-refractivity contribution in [1.82, 2.24) is 42.1 Å². The molecule has 0 spiro atoms. The quantitative estimate of drug-likeness (QED) is 0.119. The van der Waals surface area contributed by atoms with Crippen molar-refractivity contribution in [2.24, 2.45) is 5.73 Å². The van der Waals surface area contributed by atoms with Gasteiger partial charge in [0.25, 0.3) is 0 Å². The van der Waals surface area contributed by atoms with Crippen LogP contribution in [0.1, 0.15) is 51.5 Å². The van der Waals surface area contributed by atoms with Gasteiger partial charge >= 0.3 is 0 Å². The lowest BCUT2D eigenvalue weighted by Crippen LogP contribution is -2.56. The standard InChI is InChI=1S/C33H48ClN9O10/c1-3-21(45)17-43-18-30(50)42-25(13-20-7-4-5-8-22(20)34)32(52)39-14-27(47)38-16-29(49)40-23(31(35)51)9-6-12-36-26(46)11-10-24(33(43)53)41-28(48)15-37-19(2)44/h4-5,7-8,21,23-25,45H,3,6,9-18H2,1-2H3,(H2,35,51)(H,36,46)(H,37,44)(H,38,47)(H,39,52)(H,40,49)(H,41,48)(H,42,50). The van der Waals surface area contributed by atoms with E-state index in [9.17, 15) is 48.3 Å². The third-order valence-electron chi connectivity index (χ3n) is 7.91. The van der Waals surface area contributed by atoms with Gasteiger partial charge in [0.2, 0.25) is 53.2 Å². The van der Waals surface area contributed by atoms with E-state index in [1.165, 1.54) is 6.92 Å². The summed E-state index contributed by atoms with van der Waals surface area (Å²) in [5, 5.41) is 27.8. The molecule has 9 amide bonds. The van der Waals surface area contributed by atoms with E-state index in [1.807, 2.05) is 0 Å². The number of rotatable bonds is 9. The maximum atomic E-state index is 13.9.